The van der Waals surface area contributed by atoms with Gasteiger partial charge in [0, 0.05) is 32.7 Å². The summed E-state index contributed by atoms with van der Waals surface area (Å²) in [5, 5.41) is 2.57. The van der Waals surface area contributed by atoms with Crippen molar-refractivity contribution in [3.8, 4) is 0 Å². The number of nitrogens with one attached hydrogen (secondary N) is 1. The van der Waals surface area contributed by atoms with Gasteiger partial charge in [0.2, 0.25) is 20.0 Å². The number of rotatable bonds is 8. The number of carbonyl (C=O) groups excluding carboxylic acids is 1. The molecule has 0 atom stereocenters. The summed E-state index contributed by atoms with van der Waals surface area (Å²) in [4.78, 5) is 12.7. The molecule has 0 aliphatic rings. The smallest absolute Gasteiger partial charge is 0.255 e. The fraction of sp³-hybridized carbons (Fsp3) is 0.316. The van der Waals surface area contributed by atoms with Crippen LogP contribution < -0.4 is 5.32 Å². The van der Waals surface area contributed by atoms with Crippen LogP contribution in [0, 0.1) is 0 Å². The van der Waals surface area contributed by atoms with E-state index in [1.54, 1.807) is 26.0 Å². The van der Waals surface area contributed by atoms with Gasteiger partial charge in [-0.3, -0.25) is 4.79 Å². The van der Waals surface area contributed by atoms with Crippen molar-refractivity contribution in [3.05, 3.63) is 54.1 Å². The van der Waals surface area contributed by atoms with Gasteiger partial charge in [-0.2, -0.15) is 4.31 Å². The van der Waals surface area contributed by atoms with E-state index < -0.39 is 26.0 Å². The van der Waals surface area contributed by atoms with Crippen molar-refractivity contribution >= 4 is 31.6 Å². The van der Waals surface area contributed by atoms with Crippen molar-refractivity contribution in [2.45, 2.75) is 23.6 Å². The van der Waals surface area contributed by atoms with Gasteiger partial charge in [0.1, 0.15) is 4.90 Å². The third kappa shape index (κ3) is 4.84. The van der Waals surface area contributed by atoms with Crippen LogP contribution in [-0.2, 0) is 20.0 Å². The maximum atomic E-state index is 12.7. The molecule has 29 heavy (non-hydrogen) atoms. The van der Waals surface area contributed by atoms with Crippen LogP contribution in [0.4, 0.5) is 5.69 Å². The van der Waals surface area contributed by atoms with Gasteiger partial charge in [0.15, 0.2) is 0 Å². The molecule has 0 heterocycles. The SMILES string of the molecule is CCN(CC)S(=O)(=O)c1cccc(C(=O)Nc2ccccc2S(=O)(=O)N(C)C)c1. The summed E-state index contributed by atoms with van der Waals surface area (Å²) in [6.07, 6.45) is 0. The lowest BCUT2D eigenvalue weighted by atomic mass is 10.2. The van der Waals surface area contributed by atoms with Gasteiger partial charge in [0.25, 0.3) is 5.91 Å². The van der Waals surface area contributed by atoms with Gasteiger partial charge < -0.3 is 5.32 Å². The summed E-state index contributed by atoms with van der Waals surface area (Å²) in [5.41, 5.74) is 0.221. The van der Waals surface area contributed by atoms with Crippen LogP contribution in [0.5, 0.6) is 0 Å². The van der Waals surface area contributed by atoms with Gasteiger partial charge >= 0.3 is 0 Å². The van der Waals surface area contributed by atoms with Crippen molar-refractivity contribution in [2.24, 2.45) is 0 Å². The van der Waals surface area contributed by atoms with E-state index >= 15 is 0 Å². The number of carbonyl (C=O) groups is 1. The lowest BCUT2D eigenvalue weighted by Crippen LogP contribution is -2.30. The summed E-state index contributed by atoms with van der Waals surface area (Å²) in [7, 11) is -4.69. The Hall–Kier alpha value is -2.27. The van der Waals surface area contributed by atoms with Crippen molar-refractivity contribution in [3.63, 3.8) is 0 Å². The maximum Gasteiger partial charge on any atom is 0.255 e. The van der Waals surface area contributed by atoms with E-state index in [2.05, 4.69) is 5.32 Å². The highest BCUT2D eigenvalue weighted by atomic mass is 32.2. The molecule has 158 valence electrons. The summed E-state index contributed by atoms with van der Waals surface area (Å²) < 4.78 is 52.7. The number of amides is 1. The standard InChI is InChI=1S/C19H25N3O5S2/c1-5-22(6-2)28(24,25)16-11-9-10-15(14-16)19(23)20-17-12-7-8-13-18(17)29(26,27)21(3)4/h7-14H,5-6H2,1-4H3,(H,20,23). The Morgan fingerprint density at radius 1 is 0.897 bits per heavy atom. The number of nitrogens with zero attached hydrogens (tertiary/aromatic N) is 2. The second kappa shape index (κ2) is 9.04. The molecule has 2 rings (SSSR count). The lowest BCUT2D eigenvalue weighted by Gasteiger charge is -2.19. The summed E-state index contributed by atoms with van der Waals surface area (Å²) in [6, 6.07) is 11.7. The van der Waals surface area contributed by atoms with Crippen LogP contribution in [0.15, 0.2) is 58.3 Å². The molecule has 0 saturated carbocycles. The minimum Gasteiger partial charge on any atom is -0.321 e. The molecule has 2 aromatic rings. The molecule has 0 fully saturated rings. The second-order valence-electron chi connectivity index (χ2n) is 6.35. The highest BCUT2D eigenvalue weighted by Gasteiger charge is 2.24. The van der Waals surface area contributed by atoms with E-state index in [1.165, 1.54) is 54.8 Å². The van der Waals surface area contributed by atoms with Gasteiger partial charge in [0.05, 0.1) is 10.6 Å². The molecular formula is C19H25N3O5S2. The first-order valence-corrected chi connectivity index (χ1v) is 11.9. The van der Waals surface area contributed by atoms with Crippen LogP contribution in [-0.4, -0.2) is 58.5 Å². The van der Waals surface area contributed by atoms with Gasteiger partial charge in [-0.05, 0) is 30.3 Å². The average molecular weight is 440 g/mol. The minimum atomic E-state index is -3.77. The predicted octanol–water partition coefficient (Wildman–Crippen LogP) is 2.22. The number of hydrogen-bond donors (Lipinski definition) is 1. The first-order chi connectivity index (χ1) is 13.6. The molecule has 0 aromatic heterocycles. The van der Waals surface area contributed by atoms with E-state index in [0.29, 0.717) is 13.1 Å². The molecule has 2 aromatic carbocycles. The number of benzene rings is 2. The minimum absolute atomic E-state index is 0.00282. The van der Waals surface area contributed by atoms with Crippen LogP contribution in [0.3, 0.4) is 0 Å². The second-order valence-corrected chi connectivity index (χ2v) is 10.4. The molecule has 1 amide bonds. The van der Waals surface area contributed by atoms with Gasteiger partial charge in [-0.15, -0.1) is 0 Å². The fourth-order valence-corrected chi connectivity index (χ4v) is 5.24. The quantitative estimate of drug-likeness (QED) is 0.679. The Labute approximate surface area is 172 Å². The molecule has 0 saturated heterocycles. The number of anilines is 1. The topological polar surface area (TPSA) is 104 Å². The molecule has 1 N–H and O–H groups in total. The lowest BCUT2D eigenvalue weighted by molar-refractivity contribution is 0.102. The fourth-order valence-electron chi connectivity index (χ4n) is 2.70. The highest BCUT2D eigenvalue weighted by molar-refractivity contribution is 7.89. The first kappa shape index (κ1) is 23.0. The normalized spacial score (nSPS) is 12.3. The molecule has 0 spiro atoms. The average Bonchev–Trinajstić information content (AvgIpc) is 2.69. The molecule has 0 radical (unpaired) electrons. The molecule has 10 heteroatoms. The van der Waals surface area contributed by atoms with Crippen molar-refractivity contribution in [1.82, 2.24) is 8.61 Å². The summed E-state index contributed by atoms with van der Waals surface area (Å²) in [6.45, 7) is 4.09. The van der Waals surface area contributed by atoms with E-state index in [-0.39, 0.29) is 21.0 Å². The predicted molar refractivity (Wildman–Crippen MR) is 112 cm³/mol. The van der Waals surface area contributed by atoms with Crippen molar-refractivity contribution < 1.29 is 21.6 Å². The zero-order chi connectivity index (χ0) is 21.8. The van der Waals surface area contributed by atoms with E-state index in [1.807, 2.05) is 0 Å². The molecule has 0 aliphatic heterocycles. The van der Waals surface area contributed by atoms with Crippen LogP contribution in [0.25, 0.3) is 0 Å². The molecule has 0 bridgehead atoms. The molecule has 0 aliphatic carbocycles. The Morgan fingerprint density at radius 3 is 2.10 bits per heavy atom. The first-order valence-electron chi connectivity index (χ1n) is 8.98. The van der Waals surface area contributed by atoms with Crippen LogP contribution >= 0.6 is 0 Å². The largest absolute Gasteiger partial charge is 0.321 e. The summed E-state index contributed by atoms with van der Waals surface area (Å²) in [5.74, 6) is -0.608. The van der Waals surface area contributed by atoms with Crippen LogP contribution in [0.2, 0.25) is 0 Å². The number of para-hydroxylation sites is 1. The Balaban J connectivity index is 2.40. The Bertz CT molecular complexity index is 1090. The number of hydrogen-bond acceptors (Lipinski definition) is 5. The molecular weight excluding hydrogens is 414 g/mol. The zero-order valence-electron chi connectivity index (χ0n) is 16.8. The van der Waals surface area contributed by atoms with E-state index in [4.69, 9.17) is 0 Å². The maximum absolute atomic E-state index is 12.7. The summed E-state index contributed by atoms with van der Waals surface area (Å²) >= 11 is 0. The van der Waals surface area contributed by atoms with Gasteiger partial charge in [-0.1, -0.05) is 32.0 Å². The third-order valence-corrected chi connectivity index (χ3v) is 8.25. The molecule has 0 unspecified atom stereocenters. The van der Waals surface area contributed by atoms with E-state index in [0.717, 1.165) is 4.31 Å². The Morgan fingerprint density at radius 2 is 1.52 bits per heavy atom. The third-order valence-electron chi connectivity index (χ3n) is 4.33. The van der Waals surface area contributed by atoms with E-state index in [9.17, 15) is 21.6 Å². The Kier molecular flexibility index (Phi) is 7.17. The molecule has 8 nitrogen and oxygen atoms in total. The monoisotopic (exact) mass is 439 g/mol. The number of sulfonamides is 2. The van der Waals surface area contributed by atoms with Crippen molar-refractivity contribution in [2.75, 3.05) is 32.5 Å². The van der Waals surface area contributed by atoms with Crippen molar-refractivity contribution in [1.29, 1.82) is 0 Å². The zero-order valence-corrected chi connectivity index (χ0v) is 18.4. The van der Waals surface area contributed by atoms with Crippen LogP contribution in [0.1, 0.15) is 24.2 Å². The highest BCUT2D eigenvalue weighted by Crippen LogP contribution is 2.24. The van der Waals surface area contributed by atoms with Gasteiger partial charge in [-0.25, -0.2) is 21.1 Å².